The van der Waals surface area contributed by atoms with Gasteiger partial charge in [0, 0.05) is 5.54 Å². The van der Waals surface area contributed by atoms with Gasteiger partial charge in [0.25, 0.3) is 0 Å². The van der Waals surface area contributed by atoms with Gasteiger partial charge in [0.1, 0.15) is 0 Å². The van der Waals surface area contributed by atoms with Crippen molar-refractivity contribution in [1.29, 1.82) is 0 Å². The van der Waals surface area contributed by atoms with E-state index in [1.165, 1.54) is 89.9 Å². The van der Waals surface area contributed by atoms with Crippen LogP contribution in [0, 0.1) is 0 Å². The Hall–Kier alpha value is 0.400. The molecular formula is C20H43BrN2. The maximum Gasteiger partial charge on any atom is 0.0893 e. The van der Waals surface area contributed by atoms with E-state index in [9.17, 15) is 0 Å². The quantitative estimate of drug-likeness (QED) is 0.176. The molecule has 0 radical (unpaired) electrons. The SMILES string of the molecule is CCCCCCCCCCCCCCCCC(N)(Br)C(C)(C)N. The minimum Gasteiger partial charge on any atom is -0.323 e. The number of hydrogen-bond donors (Lipinski definition) is 2. The second-order valence-corrected chi connectivity index (χ2v) is 9.35. The van der Waals surface area contributed by atoms with Crippen molar-refractivity contribution < 1.29 is 0 Å². The van der Waals surface area contributed by atoms with E-state index in [2.05, 4.69) is 22.9 Å². The van der Waals surface area contributed by atoms with E-state index in [1.807, 2.05) is 13.8 Å². The highest BCUT2D eigenvalue weighted by atomic mass is 79.9. The van der Waals surface area contributed by atoms with Gasteiger partial charge in [0.2, 0.25) is 0 Å². The molecule has 0 aromatic carbocycles. The summed E-state index contributed by atoms with van der Waals surface area (Å²) in [6.07, 6.45) is 20.4. The fraction of sp³-hybridized carbons (Fsp3) is 1.00. The lowest BCUT2D eigenvalue weighted by Crippen LogP contribution is -2.58. The molecule has 0 aliphatic carbocycles. The van der Waals surface area contributed by atoms with Crippen LogP contribution in [-0.2, 0) is 0 Å². The maximum absolute atomic E-state index is 6.23. The maximum atomic E-state index is 6.23. The average Bonchev–Trinajstić information content (AvgIpc) is 2.46. The molecule has 0 bridgehead atoms. The highest BCUT2D eigenvalue weighted by molar-refractivity contribution is 9.10. The van der Waals surface area contributed by atoms with Crippen LogP contribution >= 0.6 is 15.9 Å². The van der Waals surface area contributed by atoms with Gasteiger partial charge in [-0.15, -0.1) is 0 Å². The van der Waals surface area contributed by atoms with Crippen molar-refractivity contribution in [2.24, 2.45) is 11.5 Å². The lowest BCUT2D eigenvalue weighted by Gasteiger charge is -2.36. The molecule has 0 amide bonds. The predicted molar refractivity (Wildman–Crippen MR) is 109 cm³/mol. The third kappa shape index (κ3) is 13.4. The van der Waals surface area contributed by atoms with E-state index in [0.29, 0.717) is 0 Å². The standard InChI is InChI=1S/C20H43BrN2/c1-4-5-6-7-8-9-10-11-12-13-14-15-16-17-18-20(21,23)19(2,3)22/h4-18,22-23H2,1-3H3. The molecule has 0 aliphatic heterocycles. The lowest BCUT2D eigenvalue weighted by atomic mass is 9.91. The molecule has 0 aromatic heterocycles. The average molecular weight is 391 g/mol. The van der Waals surface area contributed by atoms with Crippen LogP contribution in [0.25, 0.3) is 0 Å². The highest BCUT2D eigenvalue weighted by Crippen LogP contribution is 2.29. The van der Waals surface area contributed by atoms with Gasteiger partial charge in [0.15, 0.2) is 0 Å². The smallest absolute Gasteiger partial charge is 0.0893 e. The van der Waals surface area contributed by atoms with Gasteiger partial charge >= 0.3 is 0 Å². The van der Waals surface area contributed by atoms with Crippen LogP contribution < -0.4 is 11.5 Å². The largest absolute Gasteiger partial charge is 0.323 e. The Balaban J connectivity index is 3.25. The first kappa shape index (κ1) is 23.4. The summed E-state index contributed by atoms with van der Waals surface area (Å²) in [7, 11) is 0. The summed E-state index contributed by atoms with van der Waals surface area (Å²) in [5.74, 6) is 0. The highest BCUT2D eigenvalue weighted by Gasteiger charge is 2.35. The number of nitrogens with two attached hydrogens (primary N) is 2. The summed E-state index contributed by atoms with van der Waals surface area (Å²) in [5, 5.41) is 0. The first-order valence-corrected chi connectivity index (χ1v) is 10.9. The molecule has 3 heteroatoms. The van der Waals surface area contributed by atoms with Gasteiger partial charge in [-0.3, -0.25) is 0 Å². The molecule has 23 heavy (non-hydrogen) atoms. The topological polar surface area (TPSA) is 52.0 Å². The lowest BCUT2D eigenvalue weighted by molar-refractivity contribution is 0.348. The zero-order chi connectivity index (χ0) is 17.6. The fourth-order valence-electron chi connectivity index (χ4n) is 2.90. The first-order valence-electron chi connectivity index (χ1n) is 10.1. The van der Waals surface area contributed by atoms with E-state index < -0.39 is 4.45 Å². The predicted octanol–water partition coefficient (Wildman–Crippen LogP) is 6.65. The van der Waals surface area contributed by atoms with E-state index in [1.54, 1.807) is 0 Å². The van der Waals surface area contributed by atoms with Crippen LogP contribution in [-0.4, -0.2) is 9.99 Å². The van der Waals surface area contributed by atoms with Gasteiger partial charge in [-0.25, -0.2) is 0 Å². The minimum atomic E-state index is -0.433. The first-order chi connectivity index (χ1) is 10.8. The van der Waals surface area contributed by atoms with Gasteiger partial charge in [-0.05, 0) is 20.3 Å². The third-order valence-corrected chi connectivity index (χ3v) is 6.38. The normalized spacial score (nSPS) is 14.9. The van der Waals surface area contributed by atoms with Crippen molar-refractivity contribution in [3.63, 3.8) is 0 Å². The Bertz CT molecular complexity index is 259. The van der Waals surface area contributed by atoms with Crippen molar-refractivity contribution in [2.45, 2.75) is 127 Å². The Morgan fingerprint density at radius 3 is 1.22 bits per heavy atom. The Kier molecular flexibility index (Phi) is 13.9. The van der Waals surface area contributed by atoms with Crippen molar-refractivity contribution in [2.75, 3.05) is 0 Å². The minimum absolute atomic E-state index is 0.371. The molecule has 1 atom stereocenters. The van der Waals surface area contributed by atoms with Gasteiger partial charge in [-0.1, -0.05) is 113 Å². The van der Waals surface area contributed by atoms with E-state index >= 15 is 0 Å². The molecule has 140 valence electrons. The Labute approximate surface area is 154 Å². The molecule has 0 saturated heterocycles. The molecule has 4 N–H and O–H groups in total. The Morgan fingerprint density at radius 1 is 0.609 bits per heavy atom. The summed E-state index contributed by atoms with van der Waals surface area (Å²) < 4.78 is -0.433. The Morgan fingerprint density at radius 2 is 0.913 bits per heavy atom. The summed E-state index contributed by atoms with van der Waals surface area (Å²) in [4.78, 5) is 0. The monoisotopic (exact) mass is 390 g/mol. The second-order valence-electron chi connectivity index (χ2n) is 7.93. The van der Waals surface area contributed by atoms with Crippen LogP contribution in [0.2, 0.25) is 0 Å². The van der Waals surface area contributed by atoms with Crippen molar-refractivity contribution >= 4 is 15.9 Å². The van der Waals surface area contributed by atoms with Crippen molar-refractivity contribution in [1.82, 2.24) is 0 Å². The zero-order valence-electron chi connectivity index (χ0n) is 16.1. The molecular weight excluding hydrogens is 348 g/mol. The molecule has 0 saturated carbocycles. The van der Waals surface area contributed by atoms with Crippen LogP contribution in [0.15, 0.2) is 0 Å². The van der Waals surface area contributed by atoms with Gasteiger partial charge in [-0.2, -0.15) is 0 Å². The second kappa shape index (κ2) is 13.7. The van der Waals surface area contributed by atoms with E-state index in [4.69, 9.17) is 11.5 Å². The summed E-state index contributed by atoms with van der Waals surface area (Å²) >= 11 is 3.59. The van der Waals surface area contributed by atoms with E-state index in [0.717, 1.165) is 6.42 Å². The summed E-state index contributed by atoms with van der Waals surface area (Å²) in [5.41, 5.74) is 12.0. The molecule has 0 aliphatic rings. The van der Waals surface area contributed by atoms with Crippen LogP contribution in [0.1, 0.15) is 117 Å². The number of halogens is 1. The van der Waals surface area contributed by atoms with Crippen molar-refractivity contribution in [3.8, 4) is 0 Å². The molecule has 2 nitrogen and oxygen atoms in total. The molecule has 0 fully saturated rings. The molecule has 0 heterocycles. The summed E-state index contributed by atoms with van der Waals surface area (Å²) in [6, 6.07) is 0. The summed E-state index contributed by atoms with van der Waals surface area (Å²) in [6.45, 7) is 6.27. The number of alkyl halides is 1. The van der Waals surface area contributed by atoms with Crippen LogP contribution in [0.5, 0.6) is 0 Å². The van der Waals surface area contributed by atoms with E-state index in [-0.39, 0.29) is 5.54 Å². The van der Waals surface area contributed by atoms with Gasteiger partial charge in [0.05, 0.1) is 4.45 Å². The fourth-order valence-corrected chi connectivity index (χ4v) is 3.18. The molecule has 0 aromatic rings. The van der Waals surface area contributed by atoms with Crippen LogP contribution in [0.4, 0.5) is 0 Å². The number of unbranched alkanes of at least 4 members (excludes halogenated alkanes) is 13. The van der Waals surface area contributed by atoms with Crippen molar-refractivity contribution in [3.05, 3.63) is 0 Å². The molecule has 0 rings (SSSR count). The molecule has 0 spiro atoms. The number of hydrogen-bond acceptors (Lipinski definition) is 2. The van der Waals surface area contributed by atoms with Gasteiger partial charge < -0.3 is 11.5 Å². The molecule has 1 unspecified atom stereocenters. The third-order valence-electron chi connectivity index (χ3n) is 4.97. The van der Waals surface area contributed by atoms with Crippen LogP contribution in [0.3, 0.4) is 0 Å². The number of rotatable bonds is 16. The zero-order valence-corrected chi connectivity index (χ0v) is 17.7.